The molecule has 0 aromatic rings. The van der Waals surface area contributed by atoms with Crippen molar-refractivity contribution in [2.75, 3.05) is 38.7 Å². The van der Waals surface area contributed by atoms with Crippen LogP contribution in [0.2, 0.25) is 0 Å². The lowest BCUT2D eigenvalue weighted by molar-refractivity contribution is 0.322. The quantitative estimate of drug-likeness (QED) is 0.605. The molecule has 1 fully saturated rings. The fourth-order valence-corrected chi connectivity index (χ4v) is 2.21. The van der Waals surface area contributed by atoms with Crippen LogP contribution in [0, 0.1) is 0 Å². The van der Waals surface area contributed by atoms with E-state index in [0.717, 1.165) is 25.7 Å². The number of nitrogens with one attached hydrogen (secondary N) is 1. The first-order valence-electron chi connectivity index (χ1n) is 5.58. The Morgan fingerprint density at radius 2 is 2.00 bits per heavy atom. The topological polar surface area (TPSA) is 49.4 Å². The van der Waals surface area contributed by atoms with Crippen LogP contribution in [0.5, 0.6) is 0 Å². The maximum Gasteiger partial charge on any atom is 0.147 e. The Bertz CT molecular complexity index is 273. The standard InChI is InChI=1S/C10H22N2O2S/c1-12(10-4-5-10)8-7-11-6-3-9-15(2,13)14/h10-11H,3-9H2,1-2H3. The summed E-state index contributed by atoms with van der Waals surface area (Å²) in [6.07, 6.45) is 4.68. The molecule has 1 aliphatic carbocycles. The zero-order chi connectivity index (χ0) is 11.3. The highest BCUT2D eigenvalue weighted by Gasteiger charge is 2.25. The van der Waals surface area contributed by atoms with E-state index < -0.39 is 9.84 Å². The largest absolute Gasteiger partial charge is 0.315 e. The fraction of sp³-hybridized carbons (Fsp3) is 1.00. The van der Waals surface area contributed by atoms with Gasteiger partial charge in [-0.15, -0.1) is 0 Å². The number of hydrogen-bond donors (Lipinski definition) is 1. The summed E-state index contributed by atoms with van der Waals surface area (Å²) in [6.45, 7) is 2.81. The van der Waals surface area contributed by atoms with Gasteiger partial charge in [0.25, 0.3) is 0 Å². The van der Waals surface area contributed by atoms with Crippen molar-refractivity contribution in [3.63, 3.8) is 0 Å². The molecule has 0 radical (unpaired) electrons. The molecule has 5 heteroatoms. The maximum absolute atomic E-state index is 10.8. The van der Waals surface area contributed by atoms with E-state index >= 15 is 0 Å². The Morgan fingerprint density at radius 1 is 1.33 bits per heavy atom. The lowest BCUT2D eigenvalue weighted by atomic mass is 10.4. The molecule has 0 atom stereocenters. The zero-order valence-corrected chi connectivity index (χ0v) is 10.5. The smallest absolute Gasteiger partial charge is 0.147 e. The van der Waals surface area contributed by atoms with Crippen LogP contribution in [0.3, 0.4) is 0 Å². The van der Waals surface area contributed by atoms with E-state index in [1.165, 1.54) is 19.1 Å². The van der Waals surface area contributed by atoms with Gasteiger partial charge in [-0.25, -0.2) is 8.42 Å². The highest BCUT2D eigenvalue weighted by atomic mass is 32.2. The van der Waals surface area contributed by atoms with Crippen molar-refractivity contribution >= 4 is 9.84 Å². The molecule has 0 heterocycles. The summed E-state index contributed by atoms with van der Waals surface area (Å²) in [4.78, 5) is 2.36. The molecule has 0 amide bonds. The van der Waals surface area contributed by atoms with Crippen molar-refractivity contribution in [2.45, 2.75) is 25.3 Å². The molecule has 1 aliphatic rings. The summed E-state index contributed by atoms with van der Waals surface area (Å²) >= 11 is 0. The summed E-state index contributed by atoms with van der Waals surface area (Å²) in [6, 6.07) is 0.808. The van der Waals surface area contributed by atoms with Gasteiger partial charge in [-0.2, -0.15) is 0 Å². The lowest BCUT2D eigenvalue weighted by Gasteiger charge is -2.15. The minimum absolute atomic E-state index is 0.290. The van der Waals surface area contributed by atoms with Crippen molar-refractivity contribution in [3.8, 4) is 0 Å². The maximum atomic E-state index is 10.8. The number of sulfone groups is 1. The highest BCUT2D eigenvalue weighted by Crippen LogP contribution is 2.24. The molecule has 0 bridgehead atoms. The molecule has 0 aromatic heterocycles. The van der Waals surface area contributed by atoms with Crippen LogP contribution in [0.15, 0.2) is 0 Å². The van der Waals surface area contributed by atoms with Crippen molar-refractivity contribution in [3.05, 3.63) is 0 Å². The fourth-order valence-electron chi connectivity index (χ4n) is 1.54. The number of likely N-dealkylation sites (N-methyl/N-ethyl adjacent to an activating group) is 1. The normalized spacial score (nSPS) is 17.3. The SMILES string of the molecule is CN(CCNCCCS(C)(=O)=O)C1CC1. The van der Waals surface area contributed by atoms with Gasteiger partial charge in [0.05, 0.1) is 5.75 Å². The van der Waals surface area contributed by atoms with Crippen molar-refractivity contribution in [1.29, 1.82) is 0 Å². The van der Waals surface area contributed by atoms with Gasteiger partial charge in [-0.3, -0.25) is 0 Å². The third-order valence-corrected chi connectivity index (χ3v) is 3.71. The summed E-state index contributed by atoms with van der Waals surface area (Å²) in [7, 11) is -0.633. The summed E-state index contributed by atoms with van der Waals surface area (Å²) in [5.41, 5.74) is 0. The van der Waals surface area contributed by atoms with Crippen LogP contribution in [0.1, 0.15) is 19.3 Å². The molecule has 0 aliphatic heterocycles. The molecule has 90 valence electrons. The predicted octanol–water partition coefficient (Wildman–Crippen LogP) is 0.105. The first-order valence-corrected chi connectivity index (χ1v) is 7.64. The zero-order valence-electron chi connectivity index (χ0n) is 9.70. The number of rotatable bonds is 8. The van der Waals surface area contributed by atoms with Gasteiger partial charge in [0.15, 0.2) is 0 Å². The number of nitrogens with zero attached hydrogens (tertiary/aromatic N) is 1. The summed E-state index contributed by atoms with van der Waals surface area (Å²) < 4.78 is 21.7. The molecular weight excluding hydrogens is 212 g/mol. The van der Waals surface area contributed by atoms with Gasteiger partial charge in [-0.1, -0.05) is 0 Å². The van der Waals surface area contributed by atoms with Gasteiger partial charge in [-0.05, 0) is 32.9 Å². The monoisotopic (exact) mass is 234 g/mol. The minimum Gasteiger partial charge on any atom is -0.315 e. The van der Waals surface area contributed by atoms with Crippen molar-refractivity contribution in [1.82, 2.24) is 10.2 Å². The highest BCUT2D eigenvalue weighted by molar-refractivity contribution is 7.90. The van der Waals surface area contributed by atoms with Crippen LogP contribution in [0.4, 0.5) is 0 Å². The van der Waals surface area contributed by atoms with Gasteiger partial charge < -0.3 is 10.2 Å². The second-order valence-corrected chi connectivity index (χ2v) is 6.70. The van der Waals surface area contributed by atoms with Crippen LogP contribution < -0.4 is 5.32 Å². The molecule has 0 aromatic carbocycles. The third kappa shape index (κ3) is 6.87. The average molecular weight is 234 g/mol. The van der Waals surface area contributed by atoms with E-state index in [2.05, 4.69) is 17.3 Å². The molecule has 1 N–H and O–H groups in total. The molecule has 1 saturated carbocycles. The molecule has 0 unspecified atom stereocenters. The van der Waals surface area contributed by atoms with E-state index in [4.69, 9.17) is 0 Å². The van der Waals surface area contributed by atoms with Gasteiger partial charge >= 0.3 is 0 Å². The Labute approximate surface area is 93.0 Å². The number of hydrogen-bond acceptors (Lipinski definition) is 4. The minimum atomic E-state index is -2.78. The summed E-state index contributed by atoms with van der Waals surface area (Å²) in [5.74, 6) is 0.290. The molecule has 15 heavy (non-hydrogen) atoms. The Balaban J connectivity index is 1.88. The molecule has 4 nitrogen and oxygen atoms in total. The summed E-state index contributed by atoms with van der Waals surface area (Å²) in [5, 5.41) is 3.27. The van der Waals surface area contributed by atoms with E-state index in [1.54, 1.807) is 0 Å². The second-order valence-electron chi connectivity index (χ2n) is 4.45. The Kier molecular flexibility index (Phi) is 5.02. The molecule has 1 rings (SSSR count). The lowest BCUT2D eigenvalue weighted by Crippen LogP contribution is -2.31. The van der Waals surface area contributed by atoms with Crippen LogP contribution in [0.25, 0.3) is 0 Å². The van der Waals surface area contributed by atoms with E-state index in [0.29, 0.717) is 12.2 Å². The van der Waals surface area contributed by atoms with E-state index in [9.17, 15) is 8.42 Å². The molecule has 0 saturated heterocycles. The third-order valence-electron chi connectivity index (χ3n) is 2.68. The van der Waals surface area contributed by atoms with Crippen LogP contribution in [-0.2, 0) is 9.84 Å². The van der Waals surface area contributed by atoms with Gasteiger partial charge in [0.1, 0.15) is 9.84 Å². The van der Waals surface area contributed by atoms with Crippen LogP contribution >= 0.6 is 0 Å². The van der Waals surface area contributed by atoms with Gasteiger partial charge in [0.2, 0.25) is 0 Å². The Morgan fingerprint density at radius 3 is 2.53 bits per heavy atom. The Hall–Kier alpha value is -0.130. The average Bonchev–Trinajstić information content (AvgIpc) is 2.91. The second kappa shape index (κ2) is 5.82. The molecular formula is C10H22N2O2S. The van der Waals surface area contributed by atoms with Crippen molar-refractivity contribution in [2.24, 2.45) is 0 Å². The van der Waals surface area contributed by atoms with E-state index in [1.807, 2.05) is 0 Å². The predicted molar refractivity (Wildman–Crippen MR) is 62.8 cm³/mol. The molecule has 0 spiro atoms. The first-order chi connectivity index (χ1) is 6.99. The van der Waals surface area contributed by atoms with Crippen molar-refractivity contribution < 1.29 is 8.42 Å². The van der Waals surface area contributed by atoms with E-state index in [-0.39, 0.29) is 0 Å². The van der Waals surface area contributed by atoms with Gasteiger partial charge in [0, 0.05) is 25.4 Å². The van der Waals surface area contributed by atoms with Crippen LogP contribution in [-0.4, -0.2) is 58.1 Å². The first kappa shape index (κ1) is 12.9.